The van der Waals surface area contributed by atoms with Crippen molar-refractivity contribution < 1.29 is 4.79 Å². The number of benzene rings is 2. The van der Waals surface area contributed by atoms with Crippen LogP contribution in [0, 0.1) is 0 Å². The maximum absolute atomic E-state index is 12.7. The minimum atomic E-state index is -0.236. The number of rotatable bonds is 9. The van der Waals surface area contributed by atoms with Gasteiger partial charge >= 0.3 is 0 Å². The van der Waals surface area contributed by atoms with Crippen LogP contribution < -0.4 is 16.0 Å². The number of nitrogens with one attached hydrogen (secondary N) is 3. The van der Waals surface area contributed by atoms with E-state index in [9.17, 15) is 4.79 Å². The van der Waals surface area contributed by atoms with Crippen molar-refractivity contribution in [1.29, 1.82) is 0 Å². The van der Waals surface area contributed by atoms with Crippen molar-refractivity contribution in [1.82, 2.24) is 29.5 Å². The first-order chi connectivity index (χ1) is 18.1. The van der Waals surface area contributed by atoms with Gasteiger partial charge in [0.15, 0.2) is 0 Å². The topological polar surface area (TPSA) is 123 Å². The molecule has 0 atom stereocenters. The van der Waals surface area contributed by atoms with Crippen molar-refractivity contribution in [3.63, 3.8) is 0 Å². The lowest BCUT2D eigenvalue weighted by molar-refractivity contribution is 0.102. The highest BCUT2D eigenvalue weighted by molar-refractivity contribution is 6.04. The molecule has 0 radical (unpaired) electrons. The van der Waals surface area contributed by atoms with Crippen molar-refractivity contribution >= 4 is 35.0 Å². The second-order valence-electron chi connectivity index (χ2n) is 8.18. The Labute approximate surface area is 213 Å². The summed E-state index contributed by atoms with van der Waals surface area (Å²) in [5.41, 5.74) is 3.18. The van der Waals surface area contributed by atoms with Gasteiger partial charge in [0.05, 0.1) is 6.33 Å². The van der Waals surface area contributed by atoms with E-state index in [1.165, 1.54) is 0 Å². The van der Waals surface area contributed by atoms with Crippen LogP contribution >= 0.6 is 0 Å². The van der Waals surface area contributed by atoms with Gasteiger partial charge in [-0.25, -0.2) is 9.97 Å². The third kappa shape index (κ3) is 6.31. The number of imidazole rings is 1. The van der Waals surface area contributed by atoms with Gasteiger partial charge in [-0.15, -0.1) is 0 Å². The van der Waals surface area contributed by atoms with Gasteiger partial charge in [-0.05, 0) is 42.0 Å². The molecule has 0 aliphatic rings. The second kappa shape index (κ2) is 11.1. The van der Waals surface area contributed by atoms with Crippen molar-refractivity contribution in [3.05, 3.63) is 109 Å². The average Bonchev–Trinajstić information content (AvgIpc) is 3.43. The molecule has 10 nitrogen and oxygen atoms in total. The van der Waals surface area contributed by atoms with Gasteiger partial charge in [-0.1, -0.05) is 37.3 Å². The molecular formula is C27H25N9O. The zero-order valence-electron chi connectivity index (χ0n) is 20.2. The molecule has 0 aliphatic heterocycles. The number of aryl methyl sites for hydroxylation is 1. The molecule has 0 unspecified atom stereocenters. The molecular weight excluding hydrogens is 466 g/mol. The van der Waals surface area contributed by atoms with Gasteiger partial charge in [0.25, 0.3) is 5.91 Å². The summed E-state index contributed by atoms with van der Waals surface area (Å²) in [5.74, 6) is 1.58. The van der Waals surface area contributed by atoms with Gasteiger partial charge in [0.2, 0.25) is 11.9 Å². The third-order valence-electron chi connectivity index (χ3n) is 5.43. The number of anilines is 5. The largest absolute Gasteiger partial charge is 0.333 e. The van der Waals surface area contributed by atoms with E-state index in [2.05, 4.69) is 40.9 Å². The van der Waals surface area contributed by atoms with E-state index in [1.807, 2.05) is 72.3 Å². The quantitative estimate of drug-likeness (QED) is 0.268. The Hall–Kier alpha value is -5.12. The van der Waals surface area contributed by atoms with Gasteiger partial charge in [0, 0.05) is 48.5 Å². The summed E-state index contributed by atoms with van der Waals surface area (Å²) in [6.07, 6.45) is 7.67. The molecule has 2 aromatic carbocycles. The fourth-order valence-corrected chi connectivity index (χ4v) is 3.58. The van der Waals surface area contributed by atoms with Crippen LogP contribution in [0.25, 0.3) is 0 Å². The van der Waals surface area contributed by atoms with Crippen molar-refractivity contribution in [2.75, 3.05) is 16.0 Å². The molecule has 1 amide bonds. The van der Waals surface area contributed by atoms with E-state index in [0.717, 1.165) is 17.8 Å². The van der Waals surface area contributed by atoms with E-state index in [-0.39, 0.29) is 5.91 Å². The zero-order valence-corrected chi connectivity index (χ0v) is 20.2. The van der Waals surface area contributed by atoms with Crippen molar-refractivity contribution in [2.24, 2.45) is 0 Å². The molecule has 0 spiro atoms. The van der Waals surface area contributed by atoms with Crippen molar-refractivity contribution in [3.8, 4) is 0 Å². The fraction of sp³-hybridized carbons (Fsp3) is 0.111. The summed E-state index contributed by atoms with van der Waals surface area (Å²) < 4.78 is 2.01. The number of hydrogen-bond acceptors (Lipinski definition) is 8. The van der Waals surface area contributed by atoms with Crippen LogP contribution in [0.15, 0.2) is 91.6 Å². The third-order valence-corrected chi connectivity index (χ3v) is 5.43. The maximum Gasteiger partial charge on any atom is 0.255 e. The Morgan fingerprint density at radius 1 is 0.865 bits per heavy atom. The fourth-order valence-electron chi connectivity index (χ4n) is 3.58. The first kappa shape index (κ1) is 23.6. The minimum Gasteiger partial charge on any atom is -0.333 e. The van der Waals surface area contributed by atoms with Crippen LogP contribution in [0.2, 0.25) is 0 Å². The van der Waals surface area contributed by atoms with E-state index in [1.54, 1.807) is 30.9 Å². The number of hydrogen-bond donors (Lipinski definition) is 3. The molecule has 0 fully saturated rings. The molecule has 3 aromatic heterocycles. The smallest absolute Gasteiger partial charge is 0.255 e. The van der Waals surface area contributed by atoms with Gasteiger partial charge in [-0.2, -0.15) is 15.0 Å². The highest BCUT2D eigenvalue weighted by Crippen LogP contribution is 2.19. The molecule has 10 heteroatoms. The van der Waals surface area contributed by atoms with Gasteiger partial charge < -0.3 is 20.5 Å². The Morgan fingerprint density at radius 2 is 1.65 bits per heavy atom. The predicted molar refractivity (Wildman–Crippen MR) is 142 cm³/mol. The van der Waals surface area contributed by atoms with E-state index in [4.69, 9.17) is 0 Å². The zero-order chi connectivity index (χ0) is 25.5. The highest BCUT2D eigenvalue weighted by Gasteiger charge is 2.11. The normalized spacial score (nSPS) is 10.6. The van der Waals surface area contributed by atoms with Crippen LogP contribution in [0.5, 0.6) is 0 Å². The number of nitrogens with zero attached hydrogens (tertiary/aromatic N) is 6. The maximum atomic E-state index is 12.7. The number of carbonyl (C=O) groups is 1. The van der Waals surface area contributed by atoms with E-state index < -0.39 is 0 Å². The van der Waals surface area contributed by atoms with Gasteiger partial charge in [-0.3, -0.25) is 4.79 Å². The number of para-hydroxylation sites is 1. The molecule has 5 rings (SSSR count). The first-order valence-corrected chi connectivity index (χ1v) is 11.8. The summed E-state index contributed by atoms with van der Waals surface area (Å²) in [6.45, 7) is 2.72. The van der Waals surface area contributed by atoms with Gasteiger partial charge in [0.1, 0.15) is 11.6 Å². The Morgan fingerprint density at radius 3 is 2.38 bits per heavy atom. The number of pyridine rings is 1. The molecule has 37 heavy (non-hydrogen) atoms. The number of carbonyl (C=O) groups excluding carboxylic acids is 1. The van der Waals surface area contributed by atoms with Crippen LogP contribution in [-0.4, -0.2) is 35.4 Å². The molecule has 0 saturated carbocycles. The van der Waals surface area contributed by atoms with Crippen LogP contribution in [0.3, 0.4) is 0 Å². The van der Waals surface area contributed by atoms with E-state index in [0.29, 0.717) is 41.2 Å². The predicted octanol–water partition coefficient (Wildman–Crippen LogP) is 4.81. The molecule has 0 saturated heterocycles. The lowest BCUT2D eigenvalue weighted by Gasteiger charge is -2.11. The molecule has 3 heterocycles. The second-order valence-corrected chi connectivity index (χ2v) is 8.18. The lowest BCUT2D eigenvalue weighted by atomic mass is 10.2. The summed E-state index contributed by atoms with van der Waals surface area (Å²) in [7, 11) is 0. The lowest BCUT2D eigenvalue weighted by Crippen LogP contribution is -2.12. The van der Waals surface area contributed by atoms with Crippen LogP contribution in [0.1, 0.15) is 28.7 Å². The summed E-state index contributed by atoms with van der Waals surface area (Å²) in [4.78, 5) is 34.5. The Balaban J connectivity index is 1.29. The van der Waals surface area contributed by atoms with E-state index >= 15 is 0 Å². The monoisotopic (exact) mass is 491 g/mol. The molecule has 0 bridgehead atoms. The molecule has 5 aromatic rings. The van der Waals surface area contributed by atoms with Crippen LogP contribution in [0.4, 0.5) is 29.1 Å². The van der Waals surface area contributed by atoms with Crippen LogP contribution in [-0.2, 0) is 13.0 Å². The standard InChI is InChI=1S/C27H25N9O/c1-2-23-32-26(31-22-10-8-19(9-11-22)17-36-15-14-28-18-36)35-27(33-23)34-24-16-20(12-13-29-24)25(37)30-21-6-4-3-5-7-21/h3-16,18H,2,17H2,1H3,(H,30,37)(H2,29,31,32,33,34,35). The molecule has 3 N–H and O–H groups in total. The molecule has 0 aliphatic carbocycles. The Bertz CT molecular complexity index is 1470. The van der Waals surface area contributed by atoms with Crippen molar-refractivity contribution in [2.45, 2.75) is 19.9 Å². The minimum absolute atomic E-state index is 0.236. The summed E-state index contributed by atoms with van der Waals surface area (Å²) >= 11 is 0. The number of aromatic nitrogens is 6. The Kier molecular flexibility index (Phi) is 7.07. The average molecular weight is 492 g/mol. The first-order valence-electron chi connectivity index (χ1n) is 11.8. The summed E-state index contributed by atoms with van der Waals surface area (Å²) in [5, 5.41) is 9.21. The summed E-state index contributed by atoms with van der Waals surface area (Å²) in [6, 6.07) is 20.6. The highest BCUT2D eigenvalue weighted by atomic mass is 16.1. The number of amides is 1. The molecule has 184 valence electrons. The SMILES string of the molecule is CCc1nc(Nc2ccc(Cn3ccnc3)cc2)nc(Nc2cc(C(=O)Nc3ccccc3)ccn2)n1.